The van der Waals surface area contributed by atoms with Crippen LogP contribution < -0.4 is 10.6 Å². The first-order valence-electron chi connectivity index (χ1n) is 7.78. The van der Waals surface area contributed by atoms with Crippen molar-refractivity contribution in [2.75, 3.05) is 10.6 Å². The Balaban J connectivity index is 1.68. The van der Waals surface area contributed by atoms with Gasteiger partial charge in [-0.3, -0.25) is 4.79 Å². The van der Waals surface area contributed by atoms with Gasteiger partial charge in [-0.25, -0.2) is 9.97 Å². The quantitative estimate of drug-likeness (QED) is 0.630. The van der Waals surface area contributed by atoms with Crippen LogP contribution in [-0.4, -0.2) is 15.8 Å². The van der Waals surface area contributed by atoms with Crippen LogP contribution >= 0.6 is 11.6 Å². The molecule has 1 heterocycles. The molecule has 5 nitrogen and oxygen atoms in total. The number of rotatable bonds is 6. The highest BCUT2D eigenvalue weighted by atomic mass is 35.5. The summed E-state index contributed by atoms with van der Waals surface area (Å²) in [6, 6.07) is 16.7. The van der Waals surface area contributed by atoms with Gasteiger partial charge in [-0.15, -0.1) is 0 Å². The highest BCUT2D eigenvalue weighted by Crippen LogP contribution is 2.18. The highest BCUT2D eigenvalue weighted by Gasteiger charge is 2.03. The molecule has 25 heavy (non-hydrogen) atoms. The number of Topliss-reactive ketones (excluding diaryl/α,β-unsaturated/α-hetero) is 1. The van der Waals surface area contributed by atoms with Crippen molar-refractivity contribution >= 4 is 34.7 Å². The molecule has 2 N–H and O–H groups in total. The molecule has 0 aliphatic carbocycles. The number of hydrogen-bond acceptors (Lipinski definition) is 5. The lowest BCUT2D eigenvalue weighted by molar-refractivity contribution is 0.101. The van der Waals surface area contributed by atoms with Crippen LogP contribution in [0.25, 0.3) is 0 Å². The molecule has 0 radical (unpaired) electrons. The number of aromatic nitrogens is 2. The molecule has 0 aliphatic rings. The zero-order valence-electron chi connectivity index (χ0n) is 13.7. The van der Waals surface area contributed by atoms with Gasteiger partial charge < -0.3 is 10.6 Å². The maximum absolute atomic E-state index is 11.5. The first-order valence-corrected chi connectivity index (χ1v) is 8.16. The van der Waals surface area contributed by atoms with Crippen LogP contribution in [0.3, 0.4) is 0 Å². The molecule has 0 bridgehead atoms. The molecule has 0 spiro atoms. The lowest BCUT2D eigenvalue weighted by atomic mass is 10.1. The van der Waals surface area contributed by atoms with Gasteiger partial charge in [0.2, 0.25) is 0 Å². The van der Waals surface area contributed by atoms with Gasteiger partial charge in [0, 0.05) is 28.9 Å². The summed E-state index contributed by atoms with van der Waals surface area (Å²) in [5.74, 6) is 1.38. The minimum Gasteiger partial charge on any atom is -0.366 e. The Morgan fingerprint density at radius 2 is 1.80 bits per heavy atom. The smallest absolute Gasteiger partial charge is 0.159 e. The third kappa shape index (κ3) is 4.78. The minimum absolute atomic E-state index is 0.0247. The molecule has 0 saturated heterocycles. The average molecular weight is 353 g/mol. The van der Waals surface area contributed by atoms with Crippen molar-refractivity contribution in [3.63, 3.8) is 0 Å². The molecule has 3 rings (SSSR count). The summed E-state index contributed by atoms with van der Waals surface area (Å²) in [6.45, 7) is 2.18. The number of anilines is 3. The largest absolute Gasteiger partial charge is 0.366 e. The van der Waals surface area contributed by atoms with Crippen LogP contribution in [0.4, 0.5) is 17.3 Å². The van der Waals surface area contributed by atoms with Crippen LogP contribution in [0, 0.1) is 0 Å². The number of nitrogens with one attached hydrogen (secondary N) is 2. The number of benzene rings is 2. The Bertz CT molecular complexity index is 881. The molecular weight excluding hydrogens is 336 g/mol. The molecule has 126 valence electrons. The molecule has 0 unspecified atom stereocenters. The Morgan fingerprint density at radius 1 is 1.04 bits per heavy atom. The fraction of sp³-hybridized carbons (Fsp3) is 0.105. The Kier molecular flexibility index (Phi) is 5.26. The van der Waals surface area contributed by atoms with Crippen molar-refractivity contribution < 1.29 is 4.79 Å². The van der Waals surface area contributed by atoms with Crippen molar-refractivity contribution in [2.24, 2.45) is 0 Å². The van der Waals surface area contributed by atoms with Crippen molar-refractivity contribution in [3.8, 4) is 0 Å². The van der Waals surface area contributed by atoms with Crippen LogP contribution in [0.1, 0.15) is 22.8 Å². The predicted molar refractivity (Wildman–Crippen MR) is 101 cm³/mol. The second-order valence-corrected chi connectivity index (χ2v) is 5.97. The fourth-order valence-corrected chi connectivity index (χ4v) is 2.41. The van der Waals surface area contributed by atoms with Crippen molar-refractivity contribution in [1.29, 1.82) is 0 Å². The summed E-state index contributed by atoms with van der Waals surface area (Å²) in [5.41, 5.74) is 2.56. The SMILES string of the molecule is CC(=O)c1cccc(Nc2cc(NCc3ccc(Cl)cc3)ncn2)c1. The first-order chi connectivity index (χ1) is 12.1. The van der Waals surface area contributed by atoms with Gasteiger partial charge >= 0.3 is 0 Å². The van der Waals surface area contributed by atoms with E-state index in [1.807, 2.05) is 42.5 Å². The van der Waals surface area contributed by atoms with Crippen molar-refractivity contribution in [3.05, 3.63) is 77.1 Å². The number of nitrogens with zero attached hydrogens (tertiary/aromatic N) is 2. The summed E-state index contributed by atoms with van der Waals surface area (Å²) < 4.78 is 0. The van der Waals surface area contributed by atoms with Gasteiger partial charge in [0.15, 0.2) is 5.78 Å². The summed E-state index contributed by atoms with van der Waals surface area (Å²) in [6.07, 6.45) is 1.49. The molecule has 3 aromatic rings. The van der Waals surface area contributed by atoms with Gasteiger partial charge in [-0.05, 0) is 36.8 Å². The van der Waals surface area contributed by atoms with Crippen molar-refractivity contribution in [1.82, 2.24) is 9.97 Å². The third-order valence-electron chi connectivity index (χ3n) is 3.60. The normalized spacial score (nSPS) is 10.3. The maximum Gasteiger partial charge on any atom is 0.159 e. The summed E-state index contributed by atoms with van der Waals surface area (Å²) in [4.78, 5) is 19.9. The topological polar surface area (TPSA) is 66.9 Å². The molecule has 0 fully saturated rings. The lowest BCUT2D eigenvalue weighted by Gasteiger charge is -2.09. The fourth-order valence-electron chi connectivity index (χ4n) is 2.28. The first kappa shape index (κ1) is 16.9. The van der Waals surface area contributed by atoms with Crippen LogP contribution in [0.5, 0.6) is 0 Å². The second kappa shape index (κ2) is 7.77. The molecule has 0 saturated carbocycles. The van der Waals surface area contributed by atoms with Crippen LogP contribution in [0.15, 0.2) is 60.9 Å². The maximum atomic E-state index is 11.5. The van der Waals surface area contributed by atoms with E-state index in [0.29, 0.717) is 28.8 Å². The van der Waals surface area contributed by atoms with Crippen LogP contribution in [0.2, 0.25) is 5.02 Å². The summed E-state index contributed by atoms with van der Waals surface area (Å²) in [7, 11) is 0. The van der Waals surface area contributed by atoms with E-state index >= 15 is 0 Å². The highest BCUT2D eigenvalue weighted by molar-refractivity contribution is 6.30. The monoisotopic (exact) mass is 352 g/mol. The van der Waals surface area contributed by atoms with Gasteiger partial charge in [0.25, 0.3) is 0 Å². The van der Waals surface area contributed by atoms with E-state index in [2.05, 4.69) is 20.6 Å². The van der Waals surface area contributed by atoms with E-state index in [-0.39, 0.29) is 5.78 Å². The Labute approximate surface area is 151 Å². The van der Waals surface area contributed by atoms with E-state index in [1.165, 1.54) is 6.33 Å². The number of ketones is 1. The van der Waals surface area contributed by atoms with Crippen LogP contribution in [-0.2, 0) is 6.54 Å². The molecule has 6 heteroatoms. The predicted octanol–water partition coefficient (Wildman–Crippen LogP) is 4.69. The molecule has 0 aliphatic heterocycles. The second-order valence-electron chi connectivity index (χ2n) is 5.53. The number of hydrogen-bond donors (Lipinski definition) is 2. The minimum atomic E-state index is 0.0247. The van der Waals surface area contributed by atoms with E-state index < -0.39 is 0 Å². The molecule has 0 amide bonds. The Morgan fingerprint density at radius 3 is 2.56 bits per heavy atom. The van der Waals surface area contributed by atoms with Crippen molar-refractivity contribution in [2.45, 2.75) is 13.5 Å². The van der Waals surface area contributed by atoms with E-state index in [1.54, 1.807) is 19.1 Å². The molecular formula is C19H17ClN4O. The average Bonchev–Trinajstić information content (AvgIpc) is 2.62. The third-order valence-corrected chi connectivity index (χ3v) is 3.85. The van der Waals surface area contributed by atoms with E-state index in [0.717, 1.165) is 11.3 Å². The molecule has 0 atom stereocenters. The zero-order chi connectivity index (χ0) is 17.6. The summed E-state index contributed by atoms with van der Waals surface area (Å²) >= 11 is 5.89. The van der Waals surface area contributed by atoms with Gasteiger partial charge in [-0.2, -0.15) is 0 Å². The number of carbonyl (C=O) groups excluding carboxylic acids is 1. The number of halogens is 1. The number of carbonyl (C=O) groups is 1. The molecule has 2 aromatic carbocycles. The lowest BCUT2D eigenvalue weighted by Crippen LogP contribution is -2.03. The zero-order valence-corrected chi connectivity index (χ0v) is 14.4. The van der Waals surface area contributed by atoms with Gasteiger partial charge in [0.05, 0.1) is 0 Å². The van der Waals surface area contributed by atoms with Gasteiger partial charge in [0.1, 0.15) is 18.0 Å². The van der Waals surface area contributed by atoms with E-state index in [9.17, 15) is 4.79 Å². The molecule has 1 aromatic heterocycles. The Hall–Kier alpha value is -2.92. The van der Waals surface area contributed by atoms with E-state index in [4.69, 9.17) is 11.6 Å². The standard InChI is InChI=1S/C19H17ClN4O/c1-13(25)15-3-2-4-17(9-15)24-19-10-18(22-12-23-19)21-11-14-5-7-16(20)8-6-14/h2-10,12H,11H2,1H3,(H2,21,22,23,24). The summed E-state index contributed by atoms with van der Waals surface area (Å²) in [5, 5.41) is 7.15. The van der Waals surface area contributed by atoms with Gasteiger partial charge in [-0.1, -0.05) is 35.9 Å².